The van der Waals surface area contributed by atoms with Crippen molar-refractivity contribution in [3.8, 4) is 17.2 Å². The Labute approximate surface area is 170 Å². The van der Waals surface area contributed by atoms with Gasteiger partial charge >= 0.3 is 6.09 Å². The van der Waals surface area contributed by atoms with Gasteiger partial charge in [-0.3, -0.25) is 0 Å². The summed E-state index contributed by atoms with van der Waals surface area (Å²) in [5.41, 5.74) is 6.33. The zero-order valence-corrected chi connectivity index (χ0v) is 15.8. The van der Waals surface area contributed by atoms with E-state index >= 15 is 0 Å². The number of benzene rings is 3. The van der Waals surface area contributed by atoms with Crippen molar-refractivity contribution in [2.45, 2.75) is 5.92 Å². The van der Waals surface area contributed by atoms with Crippen LogP contribution < -0.4 is 5.32 Å². The fourth-order valence-corrected chi connectivity index (χ4v) is 3.70. The average molecular weight is 380 g/mol. The summed E-state index contributed by atoms with van der Waals surface area (Å²) < 4.78 is 5.50. The second-order valence-electron chi connectivity index (χ2n) is 6.85. The number of amides is 1. The Morgan fingerprint density at radius 3 is 2.38 bits per heavy atom. The molecule has 0 saturated heterocycles. The van der Waals surface area contributed by atoms with Gasteiger partial charge in [-0.25, -0.2) is 4.79 Å². The molecule has 0 fully saturated rings. The van der Waals surface area contributed by atoms with Crippen LogP contribution in [-0.2, 0) is 4.74 Å². The van der Waals surface area contributed by atoms with E-state index < -0.39 is 6.09 Å². The summed E-state index contributed by atoms with van der Waals surface area (Å²) in [5, 5.41) is 11.7. The highest BCUT2D eigenvalue weighted by atomic mass is 16.5. The van der Waals surface area contributed by atoms with E-state index in [1.807, 2.05) is 48.6 Å². The molecule has 0 radical (unpaired) electrons. The van der Waals surface area contributed by atoms with Crippen LogP contribution in [0.4, 0.5) is 4.79 Å². The van der Waals surface area contributed by atoms with E-state index in [1.54, 1.807) is 12.1 Å². The molecule has 0 heterocycles. The molecule has 0 atom stereocenters. The lowest BCUT2D eigenvalue weighted by Gasteiger charge is -2.14. The lowest BCUT2D eigenvalue weighted by atomic mass is 9.98. The summed E-state index contributed by atoms with van der Waals surface area (Å²) in [5.74, 6) is 0.0532. The summed E-state index contributed by atoms with van der Waals surface area (Å²) >= 11 is 0. The van der Waals surface area contributed by atoms with Gasteiger partial charge in [0.15, 0.2) is 0 Å². The van der Waals surface area contributed by atoms with E-state index in [0.717, 1.165) is 5.56 Å². The SMILES string of the molecule is N#Cc1cccc(C=CCNC(=O)OCC2c3ccccc3-c3ccccc32)c1. The molecule has 0 saturated carbocycles. The molecule has 4 rings (SSSR count). The number of nitrogens with zero attached hydrogens (tertiary/aromatic N) is 1. The van der Waals surface area contributed by atoms with Gasteiger partial charge in [0.05, 0.1) is 11.6 Å². The fourth-order valence-electron chi connectivity index (χ4n) is 3.70. The fraction of sp³-hybridized carbons (Fsp3) is 0.120. The lowest BCUT2D eigenvalue weighted by Crippen LogP contribution is -2.26. The highest BCUT2D eigenvalue weighted by Gasteiger charge is 2.28. The van der Waals surface area contributed by atoms with Crippen LogP contribution in [-0.4, -0.2) is 19.2 Å². The van der Waals surface area contributed by atoms with Crippen LogP contribution in [0.5, 0.6) is 0 Å². The zero-order valence-electron chi connectivity index (χ0n) is 15.8. The molecule has 0 aliphatic heterocycles. The van der Waals surface area contributed by atoms with E-state index in [4.69, 9.17) is 10.00 Å². The van der Waals surface area contributed by atoms with Crippen molar-refractivity contribution < 1.29 is 9.53 Å². The Bertz CT molecular complexity index is 1070. The molecule has 3 aromatic rings. The minimum Gasteiger partial charge on any atom is -0.449 e. The predicted molar refractivity (Wildman–Crippen MR) is 113 cm³/mol. The van der Waals surface area contributed by atoms with Crippen LogP contribution in [0.1, 0.15) is 28.2 Å². The highest BCUT2D eigenvalue weighted by molar-refractivity contribution is 5.79. The van der Waals surface area contributed by atoms with Crippen LogP contribution in [0.25, 0.3) is 17.2 Å². The number of rotatable bonds is 5. The number of ether oxygens (including phenoxy) is 1. The van der Waals surface area contributed by atoms with Gasteiger partial charge in [0, 0.05) is 12.5 Å². The molecule has 0 spiro atoms. The zero-order chi connectivity index (χ0) is 20.1. The van der Waals surface area contributed by atoms with E-state index in [1.165, 1.54) is 22.3 Å². The van der Waals surface area contributed by atoms with Crippen LogP contribution in [0.3, 0.4) is 0 Å². The normalized spacial score (nSPS) is 12.2. The van der Waals surface area contributed by atoms with Gasteiger partial charge in [-0.15, -0.1) is 0 Å². The highest BCUT2D eigenvalue weighted by Crippen LogP contribution is 2.44. The summed E-state index contributed by atoms with van der Waals surface area (Å²) in [6.07, 6.45) is 3.25. The Morgan fingerprint density at radius 1 is 1.00 bits per heavy atom. The first-order valence-corrected chi connectivity index (χ1v) is 9.52. The monoisotopic (exact) mass is 380 g/mol. The van der Waals surface area contributed by atoms with Crippen LogP contribution in [0.15, 0.2) is 78.9 Å². The molecular weight excluding hydrogens is 360 g/mol. The summed E-state index contributed by atoms with van der Waals surface area (Å²) in [4.78, 5) is 12.1. The number of alkyl carbamates (subject to hydrolysis) is 1. The van der Waals surface area contributed by atoms with Gasteiger partial charge in [-0.2, -0.15) is 5.26 Å². The molecule has 29 heavy (non-hydrogen) atoms. The van der Waals surface area contributed by atoms with E-state index in [2.05, 4.69) is 35.7 Å². The number of fused-ring (bicyclic) bond motifs is 3. The standard InChI is InChI=1S/C25H20N2O2/c26-16-19-8-5-7-18(15-19)9-6-14-27-25(28)29-17-24-22-12-3-1-10-20(22)21-11-2-4-13-23(21)24/h1-13,15,24H,14,17H2,(H,27,28). The van der Waals surface area contributed by atoms with Gasteiger partial charge in [0.2, 0.25) is 0 Å². The van der Waals surface area contributed by atoms with Gasteiger partial charge < -0.3 is 10.1 Å². The molecule has 1 N–H and O–H groups in total. The van der Waals surface area contributed by atoms with Crippen molar-refractivity contribution in [1.82, 2.24) is 5.32 Å². The number of carbonyl (C=O) groups excluding carboxylic acids is 1. The van der Waals surface area contributed by atoms with Crippen LogP contribution >= 0.6 is 0 Å². The van der Waals surface area contributed by atoms with Gasteiger partial charge in [-0.1, -0.05) is 72.8 Å². The average Bonchev–Trinajstić information content (AvgIpc) is 3.09. The Hall–Kier alpha value is -3.84. The third kappa shape index (κ3) is 4.04. The van der Waals surface area contributed by atoms with E-state index in [9.17, 15) is 4.79 Å². The third-order valence-corrected chi connectivity index (χ3v) is 5.03. The lowest BCUT2D eigenvalue weighted by molar-refractivity contribution is 0.144. The second-order valence-corrected chi connectivity index (χ2v) is 6.85. The molecule has 4 heteroatoms. The Balaban J connectivity index is 1.33. The Kier molecular flexibility index (Phi) is 5.40. The number of carbonyl (C=O) groups is 1. The second kappa shape index (κ2) is 8.45. The molecule has 4 nitrogen and oxygen atoms in total. The van der Waals surface area contributed by atoms with Crippen molar-refractivity contribution >= 4 is 12.2 Å². The quantitative estimate of drug-likeness (QED) is 0.669. The van der Waals surface area contributed by atoms with Crippen LogP contribution in [0.2, 0.25) is 0 Å². The van der Waals surface area contributed by atoms with Crippen molar-refractivity contribution in [3.05, 3.63) is 101 Å². The maximum atomic E-state index is 12.1. The van der Waals surface area contributed by atoms with Gasteiger partial charge in [0.1, 0.15) is 6.61 Å². The largest absolute Gasteiger partial charge is 0.449 e. The molecule has 1 amide bonds. The maximum absolute atomic E-state index is 12.1. The number of nitrogens with one attached hydrogen (secondary N) is 1. The van der Waals surface area contributed by atoms with Gasteiger partial charge in [0.25, 0.3) is 0 Å². The molecule has 1 aliphatic rings. The smallest absolute Gasteiger partial charge is 0.407 e. The topological polar surface area (TPSA) is 62.1 Å². The molecule has 0 bridgehead atoms. The third-order valence-electron chi connectivity index (χ3n) is 5.03. The molecule has 142 valence electrons. The maximum Gasteiger partial charge on any atom is 0.407 e. The van der Waals surface area contributed by atoms with Crippen molar-refractivity contribution in [3.63, 3.8) is 0 Å². The van der Waals surface area contributed by atoms with Crippen molar-refractivity contribution in [2.24, 2.45) is 0 Å². The van der Waals surface area contributed by atoms with Crippen LogP contribution in [0, 0.1) is 11.3 Å². The molecule has 1 aliphatic carbocycles. The summed E-state index contributed by atoms with van der Waals surface area (Å²) in [6, 6.07) is 25.9. The molecule has 0 unspecified atom stereocenters. The first-order chi connectivity index (χ1) is 14.3. The number of hydrogen-bond acceptors (Lipinski definition) is 3. The van der Waals surface area contributed by atoms with Crippen molar-refractivity contribution in [2.75, 3.05) is 13.2 Å². The number of nitriles is 1. The van der Waals surface area contributed by atoms with E-state index in [-0.39, 0.29) is 5.92 Å². The molecule has 0 aromatic heterocycles. The summed E-state index contributed by atoms with van der Waals surface area (Å²) in [7, 11) is 0. The molecular formula is C25H20N2O2. The predicted octanol–water partition coefficient (Wildman–Crippen LogP) is 5.11. The minimum absolute atomic E-state index is 0.0532. The first-order valence-electron chi connectivity index (χ1n) is 9.52. The molecule has 3 aromatic carbocycles. The first kappa shape index (κ1) is 18.5. The Morgan fingerprint density at radius 2 is 1.69 bits per heavy atom. The van der Waals surface area contributed by atoms with E-state index in [0.29, 0.717) is 18.7 Å². The minimum atomic E-state index is -0.442. The summed E-state index contributed by atoms with van der Waals surface area (Å²) in [6.45, 7) is 0.654. The van der Waals surface area contributed by atoms with Gasteiger partial charge in [-0.05, 0) is 39.9 Å². The van der Waals surface area contributed by atoms with Crippen molar-refractivity contribution in [1.29, 1.82) is 5.26 Å². The number of hydrogen-bond donors (Lipinski definition) is 1.